The smallest absolute Gasteiger partial charge is 0.364 e. The van der Waals surface area contributed by atoms with Crippen molar-refractivity contribution in [1.29, 1.82) is 5.26 Å². The average molecular weight is 243 g/mol. The Balaban J connectivity index is 3.46. The van der Waals surface area contributed by atoms with Gasteiger partial charge in [-0.2, -0.15) is 5.26 Å². The van der Waals surface area contributed by atoms with Crippen LogP contribution in [0.15, 0.2) is 6.07 Å². The minimum absolute atomic E-state index is 0.0204. The Morgan fingerprint density at radius 1 is 1.71 bits per heavy atom. The number of nitro groups is 1. The number of nitrogens with zero attached hydrogens (tertiary/aromatic N) is 3. The summed E-state index contributed by atoms with van der Waals surface area (Å²) in [5.74, 6) is -1.02. The van der Waals surface area contributed by atoms with E-state index >= 15 is 0 Å². The molecular formula is C9H7F2N3O3. The molecule has 0 aliphatic heterocycles. The molecule has 0 bridgehead atoms. The highest BCUT2D eigenvalue weighted by atomic mass is 19.3. The maximum absolute atomic E-state index is 12.6. The molecular weight excluding hydrogens is 236 g/mol. The summed E-state index contributed by atoms with van der Waals surface area (Å²) in [6.45, 7) is 0. The van der Waals surface area contributed by atoms with E-state index < -0.39 is 22.9 Å². The Hall–Kier alpha value is -2.30. The molecule has 0 aliphatic carbocycles. The fourth-order valence-corrected chi connectivity index (χ4v) is 1.29. The molecule has 0 radical (unpaired) electrons. The number of halogens is 2. The standard InChI is InChI=1S/C9H7F2N3O3/c1-17-8-5(2-3-12)4-6(14(15)16)13-7(8)9(10)11/h4,9H,2H2,1H3. The number of ether oxygens (including phenoxy) is 1. The van der Waals surface area contributed by atoms with Gasteiger partial charge in [-0.1, -0.05) is 0 Å². The van der Waals surface area contributed by atoms with Gasteiger partial charge in [-0.25, -0.2) is 8.78 Å². The van der Waals surface area contributed by atoms with Gasteiger partial charge in [0.1, 0.15) is 0 Å². The summed E-state index contributed by atoms with van der Waals surface area (Å²) in [4.78, 5) is 12.8. The Kier molecular flexibility index (Phi) is 3.87. The minimum atomic E-state index is -3.01. The maximum atomic E-state index is 12.6. The van der Waals surface area contributed by atoms with Gasteiger partial charge in [0.2, 0.25) is 0 Å². The van der Waals surface area contributed by atoms with Crippen molar-refractivity contribution in [3.8, 4) is 11.8 Å². The highest BCUT2D eigenvalue weighted by Crippen LogP contribution is 2.33. The van der Waals surface area contributed by atoms with E-state index in [0.29, 0.717) is 0 Å². The van der Waals surface area contributed by atoms with E-state index in [1.807, 2.05) is 0 Å². The zero-order valence-corrected chi connectivity index (χ0v) is 8.68. The van der Waals surface area contributed by atoms with Crippen LogP contribution < -0.4 is 4.74 Å². The molecule has 0 fully saturated rings. The van der Waals surface area contributed by atoms with Crippen LogP contribution >= 0.6 is 0 Å². The number of hydrogen-bond acceptors (Lipinski definition) is 5. The second-order valence-corrected chi connectivity index (χ2v) is 2.95. The second-order valence-electron chi connectivity index (χ2n) is 2.95. The van der Waals surface area contributed by atoms with Crippen LogP contribution in [-0.2, 0) is 6.42 Å². The van der Waals surface area contributed by atoms with Crippen LogP contribution in [-0.4, -0.2) is 17.0 Å². The van der Waals surface area contributed by atoms with Crippen molar-refractivity contribution in [2.75, 3.05) is 7.11 Å². The topological polar surface area (TPSA) is 89.0 Å². The molecule has 0 N–H and O–H groups in total. The zero-order valence-electron chi connectivity index (χ0n) is 8.68. The molecule has 1 rings (SSSR count). The summed E-state index contributed by atoms with van der Waals surface area (Å²) in [7, 11) is 1.13. The fourth-order valence-electron chi connectivity index (χ4n) is 1.29. The first-order valence-electron chi connectivity index (χ1n) is 4.38. The highest BCUT2D eigenvalue weighted by molar-refractivity contribution is 5.44. The van der Waals surface area contributed by atoms with Crippen LogP contribution in [0.25, 0.3) is 0 Å². The fraction of sp³-hybridized carbons (Fsp3) is 0.333. The third-order valence-corrected chi connectivity index (χ3v) is 1.93. The molecule has 17 heavy (non-hydrogen) atoms. The van der Waals surface area contributed by atoms with Gasteiger partial charge < -0.3 is 14.9 Å². The summed E-state index contributed by atoms with van der Waals surface area (Å²) >= 11 is 0. The molecule has 0 amide bonds. The first-order chi connectivity index (χ1) is 8.01. The first-order valence-corrected chi connectivity index (χ1v) is 4.38. The number of nitriles is 1. The quantitative estimate of drug-likeness (QED) is 0.596. The van der Waals surface area contributed by atoms with Crippen LogP contribution in [0.2, 0.25) is 0 Å². The Bertz CT molecular complexity index is 485. The molecule has 1 aromatic rings. The molecule has 0 saturated heterocycles. The Labute approximate surface area is 94.6 Å². The van der Waals surface area contributed by atoms with E-state index in [9.17, 15) is 18.9 Å². The molecule has 0 saturated carbocycles. The first kappa shape index (κ1) is 12.8. The second kappa shape index (κ2) is 5.16. The van der Waals surface area contributed by atoms with Crippen molar-refractivity contribution in [3.63, 3.8) is 0 Å². The van der Waals surface area contributed by atoms with Gasteiger partial charge in [0.15, 0.2) is 5.75 Å². The Morgan fingerprint density at radius 3 is 2.76 bits per heavy atom. The van der Waals surface area contributed by atoms with E-state index in [2.05, 4.69) is 4.98 Å². The predicted octanol–water partition coefficient (Wildman–Crippen LogP) is 2.00. The van der Waals surface area contributed by atoms with Crippen LogP contribution in [0.5, 0.6) is 5.75 Å². The summed E-state index contributed by atoms with van der Waals surface area (Å²) in [5.41, 5.74) is -0.807. The van der Waals surface area contributed by atoms with E-state index in [1.165, 1.54) is 0 Å². The number of hydrogen-bond donors (Lipinski definition) is 0. The van der Waals surface area contributed by atoms with E-state index in [4.69, 9.17) is 10.00 Å². The lowest BCUT2D eigenvalue weighted by molar-refractivity contribution is -0.389. The van der Waals surface area contributed by atoms with Crippen molar-refractivity contribution in [1.82, 2.24) is 4.98 Å². The highest BCUT2D eigenvalue weighted by Gasteiger charge is 2.27. The van der Waals surface area contributed by atoms with Crippen molar-refractivity contribution >= 4 is 5.82 Å². The number of methoxy groups -OCH3 is 1. The molecule has 0 spiro atoms. The van der Waals surface area contributed by atoms with E-state index in [0.717, 1.165) is 13.2 Å². The molecule has 0 unspecified atom stereocenters. The van der Waals surface area contributed by atoms with Crippen LogP contribution in [0.1, 0.15) is 17.7 Å². The Morgan fingerprint density at radius 2 is 2.35 bits per heavy atom. The lowest BCUT2D eigenvalue weighted by Gasteiger charge is -2.07. The molecule has 8 heteroatoms. The zero-order chi connectivity index (χ0) is 13.0. The SMILES string of the molecule is COc1c(CC#N)cc([N+](=O)[O-])nc1C(F)F. The van der Waals surface area contributed by atoms with Crippen LogP contribution in [0, 0.1) is 21.4 Å². The molecule has 90 valence electrons. The normalized spacial score (nSPS) is 10.1. The summed E-state index contributed by atoms with van der Waals surface area (Å²) in [6, 6.07) is 2.67. The van der Waals surface area contributed by atoms with Crippen LogP contribution in [0.3, 0.4) is 0 Å². The predicted molar refractivity (Wildman–Crippen MR) is 51.7 cm³/mol. The van der Waals surface area contributed by atoms with Gasteiger partial charge >= 0.3 is 12.2 Å². The largest absolute Gasteiger partial charge is 0.492 e. The third kappa shape index (κ3) is 2.63. The summed E-state index contributed by atoms with van der Waals surface area (Å²) < 4.78 is 30.0. The molecule has 0 aromatic carbocycles. The number of aromatic nitrogens is 1. The van der Waals surface area contributed by atoms with E-state index in [-0.39, 0.29) is 17.7 Å². The van der Waals surface area contributed by atoms with E-state index in [1.54, 1.807) is 6.07 Å². The minimum Gasteiger partial charge on any atom is -0.492 e. The average Bonchev–Trinajstić information content (AvgIpc) is 2.28. The van der Waals surface area contributed by atoms with Gasteiger partial charge in [-0.3, -0.25) is 0 Å². The lowest BCUT2D eigenvalue weighted by atomic mass is 10.1. The summed E-state index contributed by atoms with van der Waals surface area (Å²) in [6.07, 6.45) is -3.28. The maximum Gasteiger partial charge on any atom is 0.364 e. The van der Waals surface area contributed by atoms with Crippen molar-refractivity contribution in [2.24, 2.45) is 0 Å². The molecule has 0 atom stereocenters. The summed E-state index contributed by atoms with van der Waals surface area (Å²) in [5, 5.41) is 19.0. The van der Waals surface area contributed by atoms with Crippen molar-refractivity contribution < 1.29 is 18.4 Å². The monoisotopic (exact) mass is 243 g/mol. The van der Waals surface area contributed by atoms with Gasteiger partial charge in [0, 0.05) is 11.6 Å². The van der Waals surface area contributed by atoms with Gasteiger partial charge in [0.25, 0.3) is 5.69 Å². The molecule has 1 heterocycles. The van der Waals surface area contributed by atoms with Gasteiger partial charge in [-0.05, 0) is 9.91 Å². The van der Waals surface area contributed by atoms with Crippen molar-refractivity contribution in [3.05, 3.63) is 27.4 Å². The number of alkyl halides is 2. The van der Waals surface area contributed by atoms with Crippen LogP contribution in [0.4, 0.5) is 14.6 Å². The molecule has 0 aliphatic rings. The number of rotatable bonds is 4. The lowest BCUT2D eigenvalue weighted by Crippen LogP contribution is -2.04. The van der Waals surface area contributed by atoms with Gasteiger partial charge in [0.05, 0.1) is 19.6 Å². The number of pyridine rings is 1. The molecule has 1 aromatic heterocycles. The van der Waals surface area contributed by atoms with Crippen molar-refractivity contribution in [2.45, 2.75) is 12.8 Å². The third-order valence-electron chi connectivity index (χ3n) is 1.93. The van der Waals surface area contributed by atoms with Gasteiger partial charge in [-0.15, -0.1) is 0 Å². The molecule has 6 nitrogen and oxygen atoms in total.